The maximum atomic E-state index is 14.6. The molecule has 2 atom stereocenters. The third-order valence-electron chi connectivity index (χ3n) is 7.83. The Balaban J connectivity index is 1.83. The van der Waals surface area contributed by atoms with Crippen molar-refractivity contribution in [2.45, 2.75) is 64.1 Å². The van der Waals surface area contributed by atoms with Crippen LogP contribution in [0.25, 0.3) is 0 Å². The first-order valence-electron chi connectivity index (χ1n) is 15.1. The molecule has 10 heteroatoms. The smallest absolute Gasteiger partial charge is 0.264 e. The van der Waals surface area contributed by atoms with E-state index in [2.05, 4.69) is 21.2 Å². The minimum absolute atomic E-state index is 0.0501. The van der Waals surface area contributed by atoms with Gasteiger partial charge in [-0.25, -0.2) is 8.42 Å². The largest absolute Gasteiger partial charge is 0.352 e. The lowest BCUT2D eigenvalue weighted by atomic mass is 10.0. The van der Waals surface area contributed by atoms with Crippen LogP contribution in [-0.2, 0) is 32.6 Å². The Hall–Kier alpha value is -3.66. The number of halogens is 2. The highest BCUT2D eigenvalue weighted by Gasteiger charge is 2.35. The highest BCUT2D eigenvalue weighted by atomic mass is 79.9. The van der Waals surface area contributed by atoms with Gasteiger partial charge in [-0.15, -0.1) is 0 Å². The van der Waals surface area contributed by atoms with E-state index in [0.29, 0.717) is 22.7 Å². The van der Waals surface area contributed by atoms with E-state index >= 15 is 0 Å². The Morgan fingerprint density at radius 2 is 1.57 bits per heavy atom. The molecule has 0 radical (unpaired) electrons. The van der Waals surface area contributed by atoms with Crippen LogP contribution in [0.3, 0.4) is 0 Å². The number of anilines is 1. The van der Waals surface area contributed by atoms with Crippen LogP contribution in [0.1, 0.15) is 42.5 Å². The molecule has 0 aliphatic rings. The van der Waals surface area contributed by atoms with Gasteiger partial charge in [-0.3, -0.25) is 13.9 Å². The summed E-state index contributed by atoms with van der Waals surface area (Å²) in [6.07, 6.45) is 0.954. The molecule has 0 saturated carbocycles. The maximum absolute atomic E-state index is 14.6. The average Bonchev–Trinajstić information content (AvgIpc) is 3.02. The van der Waals surface area contributed by atoms with Crippen LogP contribution in [0.2, 0.25) is 5.02 Å². The lowest BCUT2D eigenvalue weighted by Gasteiger charge is -2.34. The zero-order valence-corrected chi connectivity index (χ0v) is 29.6. The van der Waals surface area contributed by atoms with Gasteiger partial charge >= 0.3 is 0 Å². The fourth-order valence-electron chi connectivity index (χ4n) is 5.08. The Bertz CT molecular complexity index is 1770. The van der Waals surface area contributed by atoms with E-state index < -0.39 is 28.5 Å². The fourth-order valence-corrected chi connectivity index (χ4v) is 7.23. The number of aryl methyl sites for hydroxylation is 2. The maximum Gasteiger partial charge on any atom is 0.264 e. The molecule has 2 amide bonds. The molecule has 0 saturated heterocycles. The van der Waals surface area contributed by atoms with Crippen molar-refractivity contribution in [1.82, 2.24) is 10.2 Å². The monoisotopic (exact) mass is 723 g/mol. The second-order valence-electron chi connectivity index (χ2n) is 11.4. The van der Waals surface area contributed by atoms with Gasteiger partial charge in [0.25, 0.3) is 10.0 Å². The first kappa shape index (κ1) is 35.2. The van der Waals surface area contributed by atoms with E-state index in [1.54, 1.807) is 37.3 Å². The summed E-state index contributed by atoms with van der Waals surface area (Å²) < 4.78 is 30.5. The number of carbonyl (C=O) groups is 2. The quantitative estimate of drug-likeness (QED) is 0.155. The standard InChI is InChI=1S/C36H39BrClN3O4S/c1-5-27(4)39-36(43)34(22-28-10-7-6-8-11-28)40(23-29-12-9-13-30(37)21-29)35(42)24-41(33-19-16-31(38)20-26(33)3)46(44,45)32-17-14-25(2)15-18-32/h6-21,27,34H,5,22-24H2,1-4H3,(H,39,43)/t27-,34-/m1/s1. The van der Waals surface area contributed by atoms with Gasteiger partial charge < -0.3 is 10.2 Å². The highest BCUT2D eigenvalue weighted by molar-refractivity contribution is 9.10. The van der Waals surface area contributed by atoms with Gasteiger partial charge in [0.05, 0.1) is 10.6 Å². The molecule has 0 aliphatic carbocycles. The zero-order chi connectivity index (χ0) is 33.4. The van der Waals surface area contributed by atoms with Crippen molar-refractivity contribution >= 4 is 55.1 Å². The summed E-state index contributed by atoms with van der Waals surface area (Å²) in [5, 5.41) is 3.50. The normalized spacial score (nSPS) is 12.7. The van der Waals surface area contributed by atoms with E-state index in [1.165, 1.54) is 17.0 Å². The summed E-state index contributed by atoms with van der Waals surface area (Å²) in [7, 11) is -4.21. The van der Waals surface area contributed by atoms with Crippen molar-refractivity contribution in [3.63, 3.8) is 0 Å². The van der Waals surface area contributed by atoms with Gasteiger partial charge in [0, 0.05) is 28.5 Å². The van der Waals surface area contributed by atoms with E-state index in [9.17, 15) is 18.0 Å². The van der Waals surface area contributed by atoms with Crippen molar-refractivity contribution in [3.05, 3.63) is 129 Å². The molecule has 0 fully saturated rings. The molecule has 46 heavy (non-hydrogen) atoms. The highest BCUT2D eigenvalue weighted by Crippen LogP contribution is 2.30. The van der Waals surface area contributed by atoms with Crippen molar-refractivity contribution in [1.29, 1.82) is 0 Å². The van der Waals surface area contributed by atoms with Gasteiger partial charge in [-0.2, -0.15) is 0 Å². The number of benzene rings is 4. The Labute approximate surface area is 285 Å². The molecule has 4 aromatic rings. The second-order valence-corrected chi connectivity index (χ2v) is 14.6. The number of nitrogens with one attached hydrogen (secondary N) is 1. The average molecular weight is 725 g/mol. The third-order valence-corrected chi connectivity index (χ3v) is 10.3. The van der Waals surface area contributed by atoms with Crippen LogP contribution >= 0.6 is 27.5 Å². The van der Waals surface area contributed by atoms with E-state index in [4.69, 9.17) is 11.6 Å². The van der Waals surface area contributed by atoms with Crippen LogP contribution in [0, 0.1) is 13.8 Å². The summed E-state index contributed by atoms with van der Waals surface area (Å²) in [6, 6.07) is 27.3. The Morgan fingerprint density at radius 1 is 0.891 bits per heavy atom. The summed E-state index contributed by atoms with van der Waals surface area (Å²) in [5.74, 6) is -0.831. The first-order valence-corrected chi connectivity index (χ1v) is 17.7. The van der Waals surface area contributed by atoms with Crippen LogP contribution in [-0.4, -0.2) is 43.8 Å². The van der Waals surface area contributed by atoms with Crippen LogP contribution < -0.4 is 9.62 Å². The second kappa shape index (κ2) is 15.8. The molecule has 0 spiro atoms. The molecule has 0 aromatic heterocycles. The fraction of sp³-hybridized carbons (Fsp3) is 0.278. The summed E-state index contributed by atoms with van der Waals surface area (Å²) in [5.41, 5.74) is 3.47. The van der Waals surface area contributed by atoms with Crippen molar-refractivity contribution < 1.29 is 18.0 Å². The molecule has 0 bridgehead atoms. The van der Waals surface area contributed by atoms with Gasteiger partial charge in [-0.1, -0.05) is 94.6 Å². The van der Waals surface area contributed by atoms with Gasteiger partial charge in [-0.05, 0) is 86.3 Å². The molecule has 4 rings (SSSR count). The molecule has 7 nitrogen and oxygen atoms in total. The molecule has 1 N–H and O–H groups in total. The molecule has 0 heterocycles. The number of amides is 2. The lowest BCUT2D eigenvalue weighted by molar-refractivity contribution is -0.140. The SMILES string of the molecule is CC[C@@H](C)NC(=O)[C@@H](Cc1ccccc1)N(Cc1cccc(Br)c1)C(=O)CN(c1ccc(Cl)cc1C)S(=O)(=O)c1ccc(C)cc1. The van der Waals surface area contributed by atoms with E-state index in [1.807, 2.05) is 75.4 Å². The van der Waals surface area contributed by atoms with Crippen molar-refractivity contribution in [2.24, 2.45) is 0 Å². The molecule has 242 valence electrons. The molecule has 4 aromatic carbocycles. The summed E-state index contributed by atoms with van der Waals surface area (Å²) >= 11 is 9.76. The number of sulfonamides is 1. The number of hydrogen-bond donors (Lipinski definition) is 1. The van der Waals surface area contributed by atoms with Gasteiger partial charge in [0.1, 0.15) is 12.6 Å². The minimum atomic E-state index is -4.21. The predicted octanol–water partition coefficient (Wildman–Crippen LogP) is 7.47. The van der Waals surface area contributed by atoms with Crippen molar-refractivity contribution in [2.75, 3.05) is 10.8 Å². The number of rotatable bonds is 13. The molecule has 0 unspecified atom stereocenters. The predicted molar refractivity (Wildman–Crippen MR) is 188 cm³/mol. The van der Waals surface area contributed by atoms with E-state index in [0.717, 1.165) is 25.5 Å². The Kier molecular flexibility index (Phi) is 12.1. The number of carbonyl (C=O) groups excluding carboxylic acids is 2. The topological polar surface area (TPSA) is 86.8 Å². The lowest BCUT2D eigenvalue weighted by Crippen LogP contribution is -2.54. The van der Waals surface area contributed by atoms with Crippen LogP contribution in [0.15, 0.2) is 106 Å². The minimum Gasteiger partial charge on any atom is -0.352 e. The number of hydrogen-bond acceptors (Lipinski definition) is 4. The van der Waals surface area contributed by atoms with Crippen LogP contribution in [0.5, 0.6) is 0 Å². The van der Waals surface area contributed by atoms with Crippen LogP contribution in [0.4, 0.5) is 5.69 Å². The first-order chi connectivity index (χ1) is 21.9. The molecular weight excluding hydrogens is 686 g/mol. The number of nitrogens with zero attached hydrogens (tertiary/aromatic N) is 2. The van der Waals surface area contributed by atoms with E-state index in [-0.39, 0.29) is 29.8 Å². The zero-order valence-electron chi connectivity index (χ0n) is 26.4. The molecular formula is C36H39BrClN3O4S. The molecule has 0 aliphatic heterocycles. The van der Waals surface area contributed by atoms with Gasteiger partial charge in [0.2, 0.25) is 11.8 Å². The van der Waals surface area contributed by atoms with Crippen molar-refractivity contribution in [3.8, 4) is 0 Å². The summed E-state index contributed by atoms with van der Waals surface area (Å²) in [6.45, 7) is 7.07. The Morgan fingerprint density at radius 3 is 2.20 bits per heavy atom. The third kappa shape index (κ3) is 8.99. The summed E-state index contributed by atoms with van der Waals surface area (Å²) in [4.78, 5) is 30.1. The van der Waals surface area contributed by atoms with Gasteiger partial charge in [0.15, 0.2) is 0 Å².